The molecule has 3 aromatic rings. The van der Waals surface area contributed by atoms with Crippen molar-refractivity contribution in [1.29, 1.82) is 0 Å². The Hall–Kier alpha value is -11.1. The minimum absolute atomic E-state index is 0.00492. The van der Waals surface area contributed by atoms with E-state index in [1.807, 2.05) is 34.6 Å². The maximum absolute atomic E-state index is 15.2. The number of hydrogen-bond acceptors (Lipinski definition) is 22. The molecule has 16 amide bonds. The molecule has 3 aromatic carbocycles. The molecular weight excluding hydrogens is 1720 g/mol. The largest absolute Gasteiger partial charge is 0.394 e. The molecule has 2 heterocycles. The number of aliphatic hydroxyl groups is 1. The standard InChI is InChI=1S/C96H155N21O17/c1-11-60(8)79(93(131)107-68(41-25-29-47-99)84(122)112-75(57-118)95(133)116-49-31-43-76(116)92(130)111-70(51-58(4)5)86(124)109-73(54-64-35-19-15-20-36-64)88(126)104-66(82(102)120)39-23-27-45-97)114-94(132)80(61(9)12-2)113-85(123)69(42-26-30-48-100)106-91(129)77-44-32-50-117(77)96(134)81(62(10)13-3)115-90(128)71(52-59(6)7)108-83(121)67(40-24-28-46-98)105-89(127)74(55-65-37-21-16-22-38-65)110-87(125)72(103-78(119)56-101)53-63-33-17-14-18-34-63/h14-22,33-38,58-62,66-77,79-81,118H,11-13,23-32,39-57,97-101H2,1-10H3,(H2,102,120)(H,103,119)(H,104,126)(H,105,127)(H,106,129)(H,107,131)(H,108,121)(H,109,124)(H,110,125)(H,111,130)(H,112,122)(H,113,123)(H,114,132)(H,115,128)/t60-,61-,62-,66-,67-,68-,69-,70-,71-,72-,73-,74-,75-,76-,77-,79-,80-,81-/m0/s1. The summed E-state index contributed by atoms with van der Waals surface area (Å²) >= 11 is 0. The van der Waals surface area contributed by atoms with Crippen molar-refractivity contribution >= 4 is 94.5 Å². The number of carbonyl (C=O) groups excluding carboxylic acids is 16. The van der Waals surface area contributed by atoms with E-state index < -0.39 is 216 Å². The summed E-state index contributed by atoms with van der Waals surface area (Å²) in [6.07, 6.45) is 5.84. The molecule has 2 aliphatic heterocycles. The summed E-state index contributed by atoms with van der Waals surface area (Å²) in [5, 5.41) is 47.2. The number of rotatable bonds is 62. The fourth-order valence-corrected chi connectivity index (χ4v) is 16.3. The highest BCUT2D eigenvalue weighted by atomic mass is 16.3. The van der Waals surface area contributed by atoms with Crippen LogP contribution in [0, 0.1) is 29.6 Å². The van der Waals surface area contributed by atoms with Crippen LogP contribution >= 0.6 is 0 Å². The molecule has 0 spiro atoms. The Balaban J connectivity index is 1.33. The van der Waals surface area contributed by atoms with Crippen molar-refractivity contribution < 1.29 is 81.8 Å². The number of benzene rings is 3. The molecule has 0 aromatic heterocycles. The van der Waals surface area contributed by atoms with Gasteiger partial charge in [-0.3, -0.25) is 76.7 Å². The summed E-state index contributed by atoms with van der Waals surface area (Å²) in [5.41, 5.74) is 36.9. The van der Waals surface area contributed by atoms with Gasteiger partial charge in [0, 0.05) is 32.4 Å². The summed E-state index contributed by atoms with van der Waals surface area (Å²) in [6, 6.07) is 7.52. The number of nitrogens with one attached hydrogen (secondary N) is 13. The predicted octanol–water partition coefficient (Wildman–Crippen LogP) is 0.182. The van der Waals surface area contributed by atoms with Crippen LogP contribution in [0.5, 0.6) is 0 Å². The van der Waals surface area contributed by atoms with Crippen LogP contribution in [0.3, 0.4) is 0 Å². The lowest BCUT2D eigenvalue weighted by atomic mass is 9.94. The highest BCUT2D eigenvalue weighted by Crippen LogP contribution is 2.26. The van der Waals surface area contributed by atoms with Crippen molar-refractivity contribution in [1.82, 2.24) is 78.9 Å². The average molecular weight is 1880 g/mol. The Labute approximate surface area is 789 Å². The molecule has 0 bridgehead atoms. The van der Waals surface area contributed by atoms with Crippen LogP contribution in [-0.2, 0) is 96.0 Å². The number of likely N-dealkylation sites (tertiary alicyclic amines) is 2. The molecule has 746 valence electrons. The normalized spacial score (nSPS) is 17.2. The van der Waals surface area contributed by atoms with E-state index in [9.17, 15) is 77.0 Å². The fourth-order valence-electron chi connectivity index (χ4n) is 16.3. The van der Waals surface area contributed by atoms with E-state index in [1.165, 1.54) is 9.80 Å². The minimum atomic E-state index is -1.65. The zero-order chi connectivity index (χ0) is 99.1. The van der Waals surface area contributed by atoms with E-state index in [-0.39, 0.29) is 115 Å². The van der Waals surface area contributed by atoms with Gasteiger partial charge >= 0.3 is 0 Å². The molecule has 26 N–H and O–H groups in total. The number of amides is 16. The SMILES string of the molecule is CC[C@H](C)[C@H](NC(=O)[C@H](CCCCN)NC(=O)[C@@H]1CCCN1C(=O)[C@@H](NC(=O)[C@H](CC(C)C)NC(=O)[C@H](CCCCN)NC(=O)[C@H](Cc1ccccc1)NC(=O)[C@H](Cc1ccccc1)NC(=O)CN)[C@@H](C)CC)C(=O)N[C@H](C(=O)N[C@@H](CCCCN)C(=O)N[C@@H](CO)C(=O)N1CCC[C@H]1C(=O)N[C@@H](CC(C)C)C(=O)N[C@@H](Cc1ccccc1)C(=O)N[C@@H](CCCCN)C(N)=O)[C@@H](C)CC. The third-order valence-corrected chi connectivity index (χ3v) is 24.8. The number of nitrogens with two attached hydrogens (primary N) is 6. The number of aliphatic hydroxyl groups excluding tert-OH is 1. The number of nitrogens with zero attached hydrogens (tertiary/aromatic N) is 2. The van der Waals surface area contributed by atoms with Gasteiger partial charge in [-0.1, -0.05) is 179 Å². The molecule has 2 fully saturated rings. The number of hydrogen-bond donors (Lipinski definition) is 20. The number of primary amides is 1. The van der Waals surface area contributed by atoms with E-state index in [0.717, 1.165) is 5.56 Å². The van der Waals surface area contributed by atoms with Gasteiger partial charge in [0.15, 0.2) is 0 Å². The second kappa shape index (κ2) is 60.3. The van der Waals surface area contributed by atoms with E-state index in [4.69, 9.17) is 34.4 Å². The molecule has 18 atom stereocenters. The first-order chi connectivity index (χ1) is 64.0. The summed E-state index contributed by atoms with van der Waals surface area (Å²) in [6.45, 7) is 17.7. The minimum Gasteiger partial charge on any atom is -0.394 e. The van der Waals surface area contributed by atoms with Gasteiger partial charge in [0.2, 0.25) is 94.5 Å². The van der Waals surface area contributed by atoms with E-state index >= 15 is 4.79 Å². The quantitative estimate of drug-likeness (QED) is 0.0335. The molecule has 134 heavy (non-hydrogen) atoms. The monoisotopic (exact) mass is 1870 g/mol. The van der Waals surface area contributed by atoms with Crippen molar-refractivity contribution in [2.75, 3.05) is 52.4 Å². The van der Waals surface area contributed by atoms with Crippen LogP contribution in [0.15, 0.2) is 91.0 Å². The number of unbranched alkanes of at least 4 members (excludes halogenated alkanes) is 4. The first-order valence-electron chi connectivity index (χ1n) is 48.1. The van der Waals surface area contributed by atoms with Crippen molar-refractivity contribution in [2.45, 2.75) is 314 Å². The smallest absolute Gasteiger partial charge is 0.248 e. The second-order valence-corrected chi connectivity index (χ2v) is 36.4. The van der Waals surface area contributed by atoms with Gasteiger partial charge in [-0.15, -0.1) is 0 Å². The van der Waals surface area contributed by atoms with E-state index in [2.05, 4.69) is 69.1 Å². The van der Waals surface area contributed by atoms with Gasteiger partial charge in [0.1, 0.15) is 90.6 Å². The molecular formula is C96H155N21O17. The first-order valence-corrected chi connectivity index (χ1v) is 48.1. The molecule has 2 saturated heterocycles. The molecule has 38 nitrogen and oxygen atoms in total. The predicted molar refractivity (Wildman–Crippen MR) is 509 cm³/mol. The van der Waals surface area contributed by atoms with Crippen molar-refractivity contribution in [3.05, 3.63) is 108 Å². The number of carbonyl (C=O) groups is 16. The maximum atomic E-state index is 15.2. The van der Waals surface area contributed by atoms with Gasteiger partial charge in [-0.2, -0.15) is 0 Å². The van der Waals surface area contributed by atoms with Gasteiger partial charge in [0.25, 0.3) is 0 Å². The Morgan fingerprint density at radius 2 is 0.619 bits per heavy atom. The summed E-state index contributed by atoms with van der Waals surface area (Å²) in [5.74, 6) is -13.9. The summed E-state index contributed by atoms with van der Waals surface area (Å²) in [7, 11) is 0. The maximum Gasteiger partial charge on any atom is 0.248 e. The van der Waals surface area contributed by atoms with Crippen LogP contribution in [0.2, 0.25) is 0 Å². The van der Waals surface area contributed by atoms with Crippen LogP contribution in [0.1, 0.15) is 221 Å². The van der Waals surface area contributed by atoms with Crippen LogP contribution < -0.4 is 104 Å². The Morgan fingerprint density at radius 3 is 1.00 bits per heavy atom. The van der Waals surface area contributed by atoms with E-state index in [0.29, 0.717) is 101 Å². The molecule has 0 aliphatic carbocycles. The third kappa shape index (κ3) is 37.7. The molecule has 0 saturated carbocycles. The van der Waals surface area contributed by atoms with Crippen LogP contribution in [0.25, 0.3) is 0 Å². The molecule has 38 heteroatoms. The zero-order valence-electron chi connectivity index (χ0n) is 80.2. The highest BCUT2D eigenvalue weighted by molar-refractivity contribution is 6.01. The van der Waals surface area contributed by atoms with Gasteiger partial charge in [0.05, 0.1) is 13.2 Å². The molecule has 0 unspecified atom stereocenters. The van der Waals surface area contributed by atoms with Crippen molar-refractivity contribution in [3.63, 3.8) is 0 Å². The molecule has 2 aliphatic rings. The highest BCUT2D eigenvalue weighted by Gasteiger charge is 2.45. The fraction of sp³-hybridized carbons (Fsp3) is 0.646. The Bertz CT molecular complexity index is 4230. The summed E-state index contributed by atoms with van der Waals surface area (Å²) in [4.78, 5) is 234. The van der Waals surface area contributed by atoms with Gasteiger partial charge < -0.3 is 118 Å². The second-order valence-electron chi connectivity index (χ2n) is 36.4. The molecule has 0 radical (unpaired) electrons. The first kappa shape index (κ1) is 113. The third-order valence-electron chi connectivity index (χ3n) is 24.8. The van der Waals surface area contributed by atoms with Crippen molar-refractivity contribution in [3.8, 4) is 0 Å². The zero-order valence-corrected chi connectivity index (χ0v) is 80.2. The van der Waals surface area contributed by atoms with E-state index in [1.54, 1.807) is 126 Å². The summed E-state index contributed by atoms with van der Waals surface area (Å²) < 4.78 is 0. The lowest BCUT2D eigenvalue weighted by Crippen LogP contribution is -2.62. The van der Waals surface area contributed by atoms with Gasteiger partial charge in [-0.05, 0) is 188 Å². The Morgan fingerprint density at radius 1 is 0.336 bits per heavy atom. The molecule has 5 rings (SSSR count). The lowest BCUT2D eigenvalue weighted by Gasteiger charge is -2.33. The Kier molecular flexibility index (Phi) is 51.1. The topological polar surface area (TPSA) is 612 Å². The lowest BCUT2D eigenvalue weighted by molar-refractivity contribution is -0.144. The van der Waals surface area contributed by atoms with Crippen LogP contribution in [0.4, 0.5) is 0 Å². The van der Waals surface area contributed by atoms with Crippen molar-refractivity contribution in [2.24, 2.45) is 64.0 Å². The van der Waals surface area contributed by atoms with Gasteiger partial charge in [-0.25, -0.2) is 0 Å². The van der Waals surface area contributed by atoms with Crippen LogP contribution in [-0.4, -0.2) is 252 Å². The average Bonchev–Trinajstić information content (AvgIpc) is 1.66.